The second kappa shape index (κ2) is 6.30. The molecule has 1 aromatic rings. The highest BCUT2D eigenvalue weighted by atomic mass is 15.1. The molecule has 1 heterocycles. The first-order chi connectivity index (χ1) is 6.39. The lowest BCUT2D eigenvalue weighted by atomic mass is 10.2. The highest BCUT2D eigenvalue weighted by molar-refractivity contribution is 4.99. The smallest absolute Gasteiger partial charge is 0.0172 e. The maximum Gasteiger partial charge on any atom is 0.0172 e. The lowest BCUT2D eigenvalue weighted by molar-refractivity contribution is 0.426. The van der Waals surface area contributed by atoms with Gasteiger partial charge in [0.1, 0.15) is 0 Å². The van der Waals surface area contributed by atoms with Gasteiger partial charge in [-0.15, -0.1) is 0 Å². The molecule has 0 bridgehead atoms. The van der Waals surface area contributed by atoms with Gasteiger partial charge in [0.05, 0.1) is 0 Å². The zero-order valence-corrected chi connectivity index (χ0v) is 8.19. The highest BCUT2D eigenvalue weighted by Gasteiger charge is 1.93. The van der Waals surface area contributed by atoms with Crippen molar-refractivity contribution in [2.45, 2.75) is 12.8 Å². The Morgan fingerprint density at radius 1 is 0.923 bits per heavy atom. The maximum atomic E-state index is 2.21. The first-order valence-corrected chi connectivity index (χ1v) is 4.76. The minimum atomic E-state index is 1.23. The molecule has 1 heteroatoms. The van der Waals surface area contributed by atoms with Crippen LogP contribution in [0.2, 0.25) is 0 Å². The minimum absolute atomic E-state index is 1.23. The normalized spacial score (nSPS) is 14.7. The molecular formula is C12H17N. The Morgan fingerprint density at radius 2 is 1.46 bits per heavy atom. The molecule has 1 nitrogen and oxygen atoms in total. The lowest BCUT2D eigenvalue weighted by Crippen LogP contribution is -2.14. The van der Waals surface area contributed by atoms with Crippen LogP contribution in [0.4, 0.5) is 0 Å². The molecule has 0 unspecified atom stereocenters. The Kier molecular flexibility index (Phi) is 4.77. The number of rotatable bonds is 0. The molecule has 0 spiro atoms. The summed E-state index contributed by atoms with van der Waals surface area (Å²) in [5.74, 6) is 0. The summed E-state index contributed by atoms with van der Waals surface area (Å²) in [6.07, 6.45) is 6.95. The van der Waals surface area contributed by atoms with E-state index in [0.717, 1.165) is 0 Å². The predicted molar refractivity (Wildman–Crippen MR) is 57.4 cm³/mol. The number of hydrogen-bond acceptors (Lipinski definition) is 1. The molecule has 0 radical (unpaired) electrons. The van der Waals surface area contributed by atoms with Crippen molar-refractivity contribution >= 4 is 0 Å². The van der Waals surface area contributed by atoms with Crippen LogP contribution in [0.15, 0.2) is 48.7 Å². The molecule has 1 aromatic carbocycles. The lowest BCUT2D eigenvalue weighted by Gasteiger charge is -2.16. The molecule has 0 N–H and O–H groups in total. The van der Waals surface area contributed by atoms with Gasteiger partial charge in [-0.1, -0.05) is 42.5 Å². The third-order valence-corrected chi connectivity index (χ3v) is 1.91. The topological polar surface area (TPSA) is 3.24 Å². The van der Waals surface area contributed by atoms with Crippen LogP contribution in [-0.4, -0.2) is 18.5 Å². The number of benzene rings is 1. The van der Waals surface area contributed by atoms with Crippen molar-refractivity contribution in [2.75, 3.05) is 13.6 Å². The SMILES string of the molecule is CN1C=CCCC1.c1ccccc1. The monoisotopic (exact) mass is 175 g/mol. The molecule has 13 heavy (non-hydrogen) atoms. The molecule has 0 aromatic heterocycles. The van der Waals surface area contributed by atoms with Gasteiger partial charge in [-0.05, 0) is 19.0 Å². The summed E-state index contributed by atoms with van der Waals surface area (Å²) in [5.41, 5.74) is 0. The third kappa shape index (κ3) is 5.07. The van der Waals surface area contributed by atoms with Gasteiger partial charge in [-0.25, -0.2) is 0 Å². The zero-order chi connectivity index (χ0) is 9.36. The van der Waals surface area contributed by atoms with Crippen LogP contribution in [0.3, 0.4) is 0 Å². The van der Waals surface area contributed by atoms with Crippen LogP contribution in [0, 0.1) is 0 Å². The molecule has 0 saturated heterocycles. The molecule has 0 fully saturated rings. The van der Waals surface area contributed by atoms with Crippen LogP contribution in [0.25, 0.3) is 0 Å². The number of allylic oxidation sites excluding steroid dienone is 1. The third-order valence-electron chi connectivity index (χ3n) is 1.91. The quantitative estimate of drug-likeness (QED) is 0.586. The van der Waals surface area contributed by atoms with Crippen LogP contribution >= 0.6 is 0 Å². The number of hydrogen-bond donors (Lipinski definition) is 0. The van der Waals surface area contributed by atoms with Crippen molar-refractivity contribution in [2.24, 2.45) is 0 Å². The predicted octanol–water partition coefficient (Wildman–Crippen LogP) is 2.91. The second-order valence-electron chi connectivity index (χ2n) is 3.16. The van der Waals surface area contributed by atoms with Crippen LogP contribution in [0.1, 0.15) is 12.8 Å². The van der Waals surface area contributed by atoms with E-state index in [4.69, 9.17) is 0 Å². The highest BCUT2D eigenvalue weighted by Crippen LogP contribution is 2.00. The van der Waals surface area contributed by atoms with Gasteiger partial charge in [0.2, 0.25) is 0 Å². The van der Waals surface area contributed by atoms with E-state index in [1.807, 2.05) is 36.4 Å². The molecule has 0 atom stereocenters. The average Bonchev–Trinajstić information content (AvgIpc) is 2.22. The largest absolute Gasteiger partial charge is 0.381 e. The van der Waals surface area contributed by atoms with Gasteiger partial charge in [0.15, 0.2) is 0 Å². The van der Waals surface area contributed by atoms with Crippen molar-refractivity contribution < 1.29 is 0 Å². The summed E-state index contributed by atoms with van der Waals surface area (Å²) in [6.45, 7) is 1.23. The van der Waals surface area contributed by atoms with E-state index in [0.29, 0.717) is 0 Å². The van der Waals surface area contributed by atoms with Gasteiger partial charge in [-0.3, -0.25) is 0 Å². The summed E-state index contributed by atoms with van der Waals surface area (Å²) in [6, 6.07) is 12.0. The molecule has 1 aliphatic rings. The Morgan fingerprint density at radius 3 is 1.69 bits per heavy atom. The van der Waals surface area contributed by atoms with Crippen molar-refractivity contribution in [1.29, 1.82) is 0 Å². The molecule has 0 amide bonds. The van der Waals surface area contributed by atoms with Crippen molar-refractivity contribution in [3.63, 3.8) is 0 Å². The fourth-order valence-corrected chi connectivity index (χ4v) is 1.17. The minimum Gasteiger partial charge on any atom is -0.381 e. The van der Waals surface area contributed by atoms with Gasteiger partial charge in [0.25, 0.3) is 0 Å². The van der Waals surface area contributed by atoms with E-state index < -0.39 is 0 Å². The van der Waals surface area contributed by atoms with Crippen LogP contribution in [-0.2, 0) is 0 Å². The first kappa shape index (κ1) is 9.85. The molecular weight excluding hydrogens is 158 g/mol. The van der Waals surface area contributed by atoms with Gasteiger partial charge in [0, 0.05) is 13.6 Å². The molecule has 0 aliphatic carbocycles. The maximum absolute atomic E-state index is 2.21. The molecule has 0 saturated carbocycles. The summed E-state index contributed by atoms with van der Waals surface area (Å²) in [7, 11) is 2.11. The van der Waals surface area contributed by atoms with E-state index in [9.17, 15) is 0 Å². The van der Waals surface area contributed by atoms with Gasteiger partial charge >= 0.3 is 0 Å². The Balaban J connectivity index is 0.000000132. The van der Waals surface area contributed by atoms with E-state index >= 15 is 0 Å². The van der Waals surface area contributed by atoms with E-state index in [2.05, 4.69) is 24.2 Å². The van der Waals surface area contributed by atoms with E-state index in [1.54, 1.807) is 0 Å². The molecule has 1 aliphatic heterocycles. The summed E-state index contributed by atoms with van der Waals surface area (Å²) >= 11 is 0. The number of nitrogens with zero attached hydrogens (tertiary/aromatic N) is 1. The van der Waals surface area contributed by atoms with Crippen LogP contribution in [0.5, 0.6) is 0 Å². The average molecular weight is 175 g/mol. The first-order valence-electron chi connectivity index (χ1n) is 4.76. The fraction of sp³-hybridized carbons (Fsp3) is 0.333. The fourth-order valence-electron chi connectivity index (χ4n) is 1.17. The second-order valence-corrected chi connectivity index (χ2v) is 3.16. The van der Waals surface area contributed by atoms with Crippen molar-refractivity contribution in [3.8, 4) is 0 Å². The summed E-state index contributed by atoms with van der Waals surface area (Å²) < 4.78 is 0. The summed E-state index contributed by atoms with van der Waals surface area (Å²) in [4.78, 5) is 2.21. The summed E-state index contributed by atoms with van der Waals surface area (Å²) in [5, 5.41) is 0. The van der Waals surface area contributed by atoms with E-state index in [-0.39, 0.29) is 0 Å². The molecule has 2 rings (SSSR count). The van der Waals surface area contributed by atoms with Crippen LogP contribution < -0.4 is 0 Å². The van der Waals surface area contributed by atoms with Crippen molar-refractivity contribution in [3.05, 3.63) is 48.7 Å². The molecule has 70 valence electrons. The Bertz CT molecular complexity index is 201. The zero-order valence-electron chi connectivity index (χ0n) is 8.19. The standard InChI is InChI=1S/C6H11N.C6H6/c1-7-5-3-2-4-6-7;1-2-4-6-5-3-1/h3,5H,2,4,6H2,1H3;1-6H. The van der Waals surface area contributed by atoms with Gasteiger partial charge in [-0.2, -0.15) is 0 Å². The van der Waals surface area contributed by atoms with E-state index in [1.165, 1.54) is 19.4 Å². The Labute approximate surface area is 80.7 Å². The van der Waals surface area contributed by atoms with Gasteiger partial charge < -0.3 is 4.90 Å². The van der Waals surface area contributed by atoms with Crippen molar-refractivity contribution in [1.82, 2.24) is 4.90 Å². The Hall–Kier alpha value is -1.24.